The van der Waals surface area contributed by atoms with Gasteiger partial charge in [0.1, 0.15) is 12.3 Å². The van der Waals surface area contributed by atoms with Crippen molar-refractivity contribution in [2.24, 2.45) is 5.73 Å². The lowest BCUT2D eigenvalue weighted by molar-refractivity contribution is -0.108. The summed E-state index contributed by atoms with van der Waals surface area (Å²) in [5, 5.41) is 0.989. The van der Waals surface area contributed by atoms with Crippen molar-refractivity contribution in [2.45, 2.75) is 25.4 Å². The third-order valence-electron chi connectivity index (χ3n) is 5.60. The Hall–Kier alpha value is -1.66. The largest absolute Gasteiger partial charge is 0.368 e. The molecule has 160 valence electrons. The van der Waals surface area contributed by atoms with Gasteiger partial charge in [-0.05, 0) is 49.8 Å². The van der Waals surface area contributed by atoms with Gasteiger partial charge >= 0.3 is 0 Å². The average molecular weight is 464 g/mol. The maximum Gasteiger partial charge on any atom is 0.147 e. The van der Waals surface area contributed by atoms with Crippen molar-refractivity contribution in [3.05, 3.63) is 63.0 Å². The molecule has 0 radical (unpaired) electrons. The van der Waals surface area contributed by atoms with Crippen LogP contribution in [0.25, 0.3) is 6.08 Å². The zero-order valence-electron chi connectivity index (χ0n) is 17.4. The number of rotatable bonds is 6. The van der Waals surface area contributed by atoms with E-state index in [0.29, 0.717) is 16.6 Å². The summed E-state index contributed by atoms with van der Waals surface area (Å²) in [5.74, 6) is 0.878. The molecule has 1 atom stereocenters. The molecule has 2 N–H and O–H groups in total. The molecule has 2 aromatic rings. The van der Waals surface area contributed by atoms with Gasteiger partial charge in [0, 0.05) is 47.7 Å². The number of hydrogen-bond donors (Lipinski definition) is 1. The third kappa shape index (κ3) is 4.80. The van der Waals surface area contributed by atoms with Crippen molar-refractivity contribution in [1.82, 2.24) is 0 Å². The van der Waals surface area contributed by atoms with Crippen LogP contribution in [0, 0.1) is 0 Å². The Labute approximate surface area is 193 Å². The number of halogens is 2. The molecular formula is C23H27Cl2N3OS. The molecule has 1 saturated heterocycles. The van der Waals surface area contributed by atoms with Crippen LogP contribution in [0.15, 0.2) is 47.4 Å². The van der Waals surface area contributed by atoms with E-state index in [-0.39, 0.29) is 11.6 Å². The molecule has 1 unspecified atom stereocenters. The zero-order chi connectivity index (χ0) is 21.9. The Balaban J connectivity index is 1.99. The van der Waals surface area contributed by atoms with Gasteiger partial charge in [-0.25, -0.2) is 0 Å². The van der Waals surface area contributed by atoms with Gasteiger partial charge in [-0.3, -0.25) is 0 Å². The van der Waals surface area contributed by atoms with Crippen molar-refractivity contribution in [1.29, 1.82) is 0 Å². The van der Waals surface area contributed by atoms with Crippen LogP contribution >= 0.6 is 35.0 Å². The number of nitrogens with zero attached hydrogens (tertiary/aromatic N) is 2. The number of benzene rings is 2. The van der Waals surface area contributed by atoms with Crippen LogP contribution in [0.1, 0.15) is 19.4 Å². The summed E-state index contributed by atoms with van der Waals surface area (Å²) in [6, 6.07) is 13.3. The van der Waals surface area contributed by atoms with E-state index in [2.05, 4.69) is 48.9 Å². The average Bonchev–Trinajstić information content (AvgIpc) is 2.75. The first-order valence-electron chi connectivity index (χ1n) is 9.83. The summed E-state index contributed by atoms with van der Waals surface area (Å²) in [7, 11) is 2.05. The first-order chi connectivity index (χ1) is 14.3. The third-order valence-corrected chi connectivity index (χ3v) is 7.41. The lowest BCUT2D eigenvalue weighted by Crippen LogP contribution is -2.47. The SMILES string of the molecule is CN(c1ccccc1C=C1SCCN(c2ccc(Cl)c(Cl)c2)C1C=O)C(C)(C)CN. The minimum absolute atomic E-state index is 0.190. The van der Waals surface area contributed by atoms with Crippen molar-refractivity contribution >= 4 is 58.7 Å². The van der Waals surface area contributed by atoms with Crippen LogP contribution < -0.4 is 15.5 Å². The van der Waals surface area contributed by atoms with Crippen molar-refractivity contribution in [3.63, 3.8) is 0 Å². The fourth-order valence-corrected chi connectivity index (χ4v) is 4.77. The minimum atomic E-state index is -0.373. The predicted molar refractivity (Wildman–Crippen MR) is 132 cm³/mol. The van der Waals surface area contributed by atoms with E-state index in [1.54, 1.807) is 17.8 Å². The second-order valence-corrected chi connectivity index (χ2v) is 9.89. The molecular weight excluding hydrogens is 437 g/mol. The molecule has 0 spiro atoms. The molecule has 4 nitrogen and oxygen atoms in total. The summed E-state index contributed by atoms with van der Waals surface area (Å²) in [6.45, 7) is 5.52. The molecule has 1 fully saturated rings. The highest BCUT2D eigenvalue weighted by Gasteiger charge is 2.29. The van der Waals surface area contributed by atoms with E-state index < -0.39 is 0 Å². The van der Waals surface area contributed by atoms with Gasteiger partial charge in [-0.15, -0.1) is 11.8 Å². The van der Waals surface area contributed by atoms with Crippen molar-refractivity contribution in [2.75, 3.05) is 35.7 Å². The predicted octanol–water partition coefficient (Wildman–Crippen LogP) is 5.33. The van der Waals surface area contributed by atoms with E-state index in [1.165, 1.54) is 0 Å². The number of thioether (sulfide) groups is 1. The molecule has 3 rings (SSSR count). The van der Waals surface area contributed by atoms with E-state index in [4.69, 9.17) is 28.9 Å². The fraction of sp³-hybridized carbons (Fsp3) is 0.348. The fourth-order valence-electron chi connectivity index (χ4n) is 3.39. The van der Waals surface area contributed by atoms with Crippen LogP contribution in [0.5, 0.6) is 0 Å². The number of aldehydes is 1. The van der Waals surface area contributed by atoms with Gasteiger partial charge in [-0.1, -0.05) is 41.4 Å². The lowest BCUT2D eigenvalue weighted by atomic mass is 10.0. The molecule has 0 bridgehead atoms. The monoisotopic (exact) mass is 463 g/mol. The van der Waals surface area contributed by atoms with E-state index in [9.17, 15) is 4.79 Å². The van der Waals surface area contributed by atoms with Crippen LogP contribution in [0.2, 0.25) is 10.0 Å². The van der Waals surface area contributed by atoms with E-state index in [1.807, 2.05) is 24.3 Å². The van der Waals surface area contributed by atoms with Crippen molar-refractivity contribution < 1.29 is 4.79 Å². The molecule has 7 heteroatoms. The van der Waals surface area contributed by atoms with Crippen LogP contribution in [0.3, 0.4) is 0 Å². The van der Waals surface area contributed by atoms with Crippen molar-refractivity contribution in [3.8, 4) is 0 Å². The minimum Gasteiger partial charge on any atom is -0.368 e. The molecule has 0 aliphatic carbocycles. The number of para-hydroxylation sites is 1. The topological polar surface area (TPSA) is 49.6 Å². The maximum atomic E-state index is 12.1. The molecule has 30 heavy (non-hydrogen) atoms. The normalized spacial score (nSPS) is 18.5. The summed E-state index contributed by atoms with van der Waals surface area (Å²) in [4.78, 5) is 17.4. The second kappa shape index (κ2) is 9.65. The first-order valence-corrected chi connectivity index (χ1v) is 11.6. The smallest absolute Gasteiger partial charge is 0.147 e. The van der Waals surface area contributed by atoms with Gasteiger partial charge in [0.25, 0.3) is 0 Å². The Morgan fingerprint density at radius 3 is 2.63 bits per heavy atom. The zero-order valence-corrected chi connectivity index (χ0v) is 19.8. The van der Waals surface area contributed by atoms with Gasteiger partial charge < -0.3 is 20.3 Å². The number of hydrogen-bond acceptors (Lipinski definition) is 5. The van der Waals surface area contributed by atoms with Crippen LogP contribution in [-0.4, -0.2) is 43.8 Å². The highest BCUT2D eigenvalue weighted by molar-refractivity contribution is 8.03. The molecule has 0 aromatic heterocycles. The molecule has 1 aliphatic rings. The quantitative estimate of drug-likeness (QED) is 0.586. The van der Waals surface area contributed by atoms with Gasteiger partial charge in [0.15, 0.2) is 0 Å². The summed E-state index contributed by atoms with van der Waals surface area (Å²) >= 11 is 14.0. The number of likely N-dealkylation sites (N-methyl/N-ethyl adjacent to an activating group) is 1. The van der Waals surface area contributed by atoms with E-state index in [0.717, 1.165) is 40.4 Å². The Morgan fingerprint density at radius 1 is 1.23 bits per heavy atom. The Bertz CT molecular complexity index is 948. The van der Waals surface area contributed by atoms with Crippen LogP contribution in [0.4, 0.5) is 11.4 Å². The lowest BCUT2D eigenvalue weighted by Gasteiger charge is -2.38. The molecule has 0 saturated carbocycles. The van der Waals surface area contributed by atoms with E-state index >= 15 is 0 Å². The van der Waals surface area contributed by atoms with Gasteiger partial charge in [0.2, 0.25) is 0 Å². The summed E-state index contributed by atoms with van der Waals surface area (Å²) < 4.78 is 0. The Morgan fingerprint density at radius 2 is 1.97 bits per heavy atom. The molecule has 1 heterocycles. The number of anilines is 2. The summed E-state index contributed by atoms with van der Waals surface area (Å²) in [6.07, 6.45) is 3.11. The number of carbonyl (C=O) groups excluding carboxylic acids is 1. The molecule has 1 aliphatic heterocycles. The molecule has 0 amide bonds. The Kier molecular flexibility index (Phi) is 7.40. The highest BCUT2D eigenvalue weighted by Crippen LogP contribution is 2.37. The van der Waals surface area contributed by atoms with Gasteiger partial charge in [-0.2, -0.15) is 0 Å². The molecule has 2 aromatic carbocycles. The standard InChI is InChI=1S/C23H27Cl2N3OS/c1-23(2,15-26)27(3)20-7-5-4-6-16(20)12-22-21(14-29)28(10-11-30-22)17-8-9-18(24)19(25)13-17/h4-9,12-14,21H,10-11,15,26H2,1-3H3. The number of carbonyl (C=O) groups is 1. The van der Waals surface area contributed by atoms with Crippen LogP contribution in [-0.2, 0) is 4.79 Å². The number of nitrogens with two attached hydrogens (primary N) is 1. The van der Waals surface area contributed by atoms with Gasteiger partial charge in [0.05, 0.1) is 10.0 Å². The maximum absolute atomic E-state index is 12.1. The highest BCUT2D eigenvalue weighted by atomic mass is 35.5. The second-order valence-electron chi connectivity index (χ2n) is 7.90. The first kappa shape index (κ1) is 23.0. The summed E-state index contributed by atoms with van der Waals surface area (Å²) in [5.41, 5.74) is 8.84.